The van der Waals surface area contributed by atoms with Crippen molar-refractivity contribution >= 4 is 58.0 Å². The van der Waals surface area contributed by atoms with E-state index in [2.05, 4.69) is 14.5 Å². The zero-order chi connectivity index (χ0) is 21.3. The predicted octanol–water partition coefficient (Wildman–Crippen LogP) is 5.45. The van der Waals surface area contributed by atoms with Gasteiger partial charge in [0.15, 0.2) is 4.80 Å². The monoisotopic (exact) mass is 523 g/mol. The number of aromatic nitrogens is 1. The van der Waals surface area contributed by atoms with E-state index in [-0.39, 0.29) is 30.4 Å². The number of β-amino-alcohol motifs (C(OH)–C–C–N with tert-alkyl or cyclic N) is 1. The normalized spacial score (nSPS) is 16.6. The molecule has 1 unspecified atom stereocenters. The van der Waals surface area contributed by atoms with Crippen molar-refractivity contribution < 1.29 is 13.9 Å². The van der Waals surface area contributed by atoms with Gasteiger partial charge in [0.25, 0.3) is 0 Å². The van der Waals surface area contributed by atoms with E-state index in [0.29, 0.717) is 12.5 Å². The molecule has 2 heterocycles. The molecule has 4 rings (SSSR count). The lowest BCUT2D eigenvalue weighted by atomic mass is 9.96. The highest BCUT2D eigenvalue weighted by molar-refractivity contribution is 7.16. The fourth-order valence-corrected chi connectivity index (χ4v) is 5.39. The molecule has 1 saturated heterocycles. The van der Waals surface area contributed by atoms with Crippen LogP contribution in [0.25, 0.3) is 10.2 Å². The number of aliphatic hydroxyl groups excluding tert-OH is 1. The van der Waals surface area contributed by atoms with Gasteiger partial charge < -0.3 is 14.6 Å². The Kier molecular flexibility index (Phi) is 9.94. The van der Waals surface area contributed by atoms with Crippen molar-refractivity contribution in [2.45, 2.75) is 25.5 Å². The summed E-state index contributed by atoms with van der Waals surface area (Å²) in [6.07, 6.45) is 1.01. The molecule has 0 saturated carbocycles. The Balaban J connectivity index is 0.00000181. The van der Waals surface area contributed by atoms with Crippen LogP contribution in [0.1, 0.15) is 24.5 Å². The van der Waals surface area contributed by atoms with Gasteiger partial charge in [-0.25, -0.2) is 8.78 Å². The number of halogens is 5. The fourth-order valence-electron chi connectivity index (χ4n) is 4.12. The maximum atomic E-state index is 13.9. The van der Waals surface area contributed by atoms with Gasteiger partial charge in [0, 0.05) is 36.8 Å². The van der Waals surface area contributed by atoms with Crippen LogP contribution < -0.4 is 4.80 Å². The standard InChI is InChI=1S/C22H24ClF2N3OS.2ClH/c1-26-22-28(19-5-2-15(23)10-21(19)30-22)12-14-6-8-27(9-7-14)13-20(29)17-4-3-16(24)11-18(17)25;;/h2-5,10-11,14,20,29H,6-9,12-13H2,1H3;2*1H. The van der Waals surface area contributed by atoms with Crippen molar-refractivity contribution in [1.82, 2.24) is 9.47 Å². The maximum absolute atomic E-state index is 13.9. The van der Waals surface area contributed by atoms with E-state index in [4.69, 9.17) is 11.6 Å². The van der Waals surface area contributed by atoms with Crippen molar-refractivity contribution in [3.05, 3.63) is 63.4 Å². The number of fused-ring (bicyclic) bond motifs is 1. The van der Waals surface area contributed by atoms with Crippen molar-refractivity contribution in [3.8, 4) is 0 Å². The Labute approximate surface area is 207 Å². The molecular weight excluding hydrogens is 499 g/mol. The molecule has 0 amide bonds. The third-order valence-electron chi connectivity index (χ3n) is 5.74. The predicted molar refractivity (Wildman–Crippen MR) is 131 cm³/mol. The third-order valence-corrected chi connectivity index (χ3v) is 7.10. The van der Waals surface area contributed by atoms with Gasteiger partial charge in [-0.2, -0.15) is 0 Å². The van der Waals surface area contributed by atoms with Gasteiger partial charge in [0.2, 0.25) is 0 Å². The molecule has 0 aliphatic carbocycles. The van der Waals surface area contributed by atoms with Crippen LogP contribution in [0.4, 0.5) is 8.78 Å². The van der Waals surface area contributed by atoms with Crippen LogP contribution in [0.2, 0.25) is 5.02 Å². The van der Waals surface area contributed by atoms with Gasteiger partial charge in [-0.15, -0.1) is 24.8 Å². The minimum absolute atomic E-state index is 0. The van der Waals surface area contributed by atoms with Gasteiger partial charge in [-0.1, -0.05) is 29.0 Å². The number of aliphatic hydroxyl groups is 1. The molecule has 0 radical (unpaired) electrons. The number of benzene rings is 2. The number of likely N-dealkylation sites (tertiary alicyclic amines) is 1. The first-order valence-electron chi connectivity index (χ1n) is 10.0. The highest BCUT2D eigenvalue weighted by Crippen LogP contribution is 2.26. The van der Waals surface area contributed by atoms with Gasteiger partial charge >= 0.3 is 0 Å². The van der Waals surface area contributed by atoms with Crippen LogP contribution in [0.15, 0.2) is 41.4 Å². The molecule has 1 N–H and O–H groups in total. The Morgan fingerprint density at radius 2 is 1.88 bits per heavy atom. The van der Waals surface area contributed by atoms with Crippen LogP contribution in [0.5, 0.6) is 0 Å². The van der Waals surface area contributed by atoms with Crippen molar-refractivity contribution in [1.29, 1.82) is 0 Å². The highest BCUT2D eigenvalue weighted by Gasteiger charge is 2.24. The van der Waals surface area contributed by atoms with Gasteiger partial charge in [0.05, 0.1) is 16.3 Å². The van der Waals surface area contributed by atoms with Crippen molar-refractivity contribution in [2.75, 3.05) is 26.7 Å². The van der Waals surface area contributed by atoms with Gasteiger partial charge in [0.1, 0.15) is 11.6 Å². The minimum atomic E-state index is -0.965. The number of rotatable bonds is 5. The fraction of sp³-hybridized carbons (Fsp3) is 0.409. The second kappa shape index (κ2) is 11.8. The molecule has 1 aliphatic heterocycles. The Bertz CT molecular complexity index is 1110. The highest BCUT2D eigenvalue weighted by atomic mass is 35.5. The largest absolute Gasteiger partial charge is 0.387 e. The van der Waals surface area contributed by atoms with E-state index in [1.165, 1.54) is 12.1 Å². The van der Waals surface area contributed by atoms with E-state index in [0.717, 1.165) is 58.6 Å². The van der Waals surface area contributed by atoms with E-state index in [9.17, 15) is 13.9 Å². The summed E-state index contributed by atoms with van der Waals surface area (Å²) in [5.41, 5.74) is 1.29. The summed E-state index contributed by atoms with van der Waals surface area (Å²) in [6, 6.07) is 9.25. The molecule has 1 aliphatic rings. The second-order valence-electron chi connectivity index (χ2n) is 7.76. The Morgan fingerprint density at radius 1 is 1.16 bits per heavy atom. The number of thiazole rings is 1. The second-order valence-corrected chi connectivity index (χ2v) is 9.20. The number of hydrogen-bond acceptors (Lipinski definition) is 4. The molecule has 0 bridgehead atoms. The Morgan fingerprint density at radius 3 is 2.53 bits per heavy atom. The van der Waals surface area contributed by atoms with Gasteiger partial charge in [-0.05, 0) is 56.1 Å². The first-order valence-corrected chi connectivity index (χ1v) is 11.2. The molecule has 4 nitrogen and oxygen atoms in total. The van der Waals surface area contributed by atoms with Crippen molar-refractivity contribution in [2.24, 2.45) is 10.9 Å². The first-order chi connectivity index (χ1) is 14.4. The van der Waals surface area contributed by atoms with E-state index >= 15 is 0 Å². The summed E-state index contributed by atoms with van der Waals surface area (Å²) < 4.78 is 30.4. The van der Waals surface area contributed by atoms with E-state index in [1.807, 2.05) is 18.2 Å². The van der Waals surface area contributed by atoms with Crippen molar-refractivity contribution in [3.63, 3.8) is 0 Å². The van der Waals surface area contributed by atoms with Crippen LogP contribution in [0.3, 0.4) is 0 Å². The molecule has 2 aromatic carbocycles. The summed E-state index contributed by atoms with van der Waals surface area (Å²) >= 11 is 7.78. The zero-order valence-electron chi connectivity index (χ0n) is 17.5. The number of piperidine rings is 1. The molecular formula is C22H26Cl3F2N3OS. The lowest BCUT2D eigenvalue weighted by molar-refractivity contribution is 0.0845. The molecule has 176 valence electrons. The molecule has 0 spiro atoms. The number of nitrogens with zero attached hydrogens (tertiary/aromatic N) is 3. The molecule has 1 aromatic heterocycles. The Hall–Kier alpha value is -1.22. The third kappa shape index (κ3) is 6.01. The number of hydrogen-bond donors (Lipinski definition) is 1. The summed E-state index contributed by atoms with van der Waals surface area (Å²) in [5, 5.41) is 11.1. The molecule has 1 atom stereocenters. The summed E-state index contributed by atoms with van der Waals surface area (Å²) in [4.78, 5) is 7.57. The minimum Gasteiger partial charge on any atom is -0.387 e. The topological polar surface area (TPSA) is 40.8 Å². The first kappa shape index (κ1) is 27.0. The maximum Gasteiger partial charge on any atom is 0.185 e. The van der Waals surface area contributed by atoms with Crippen LogP contribution in [0, 0.1) is 17.6 Å². The summed E-state index contributed by atoms with van der Waals surface area (Å²) in [6.45, 7) is 2.89. The average Bonchev–Trinajstić information content (AvgIpc) is 3.05. The quantitative estimate of drug-likeness (QED) is 0.482. The lowest BCUT2D eigenvalue weighted by Gasteiger charge is -2.33. The lowest BCUT2D eigenvalue weighted by Crippen LogP contribution is -2.38. The van der Waals surface area contributed by atoms with Crippen LogP contribution in [-0.2, 0) is 6.54 Å². The molecule has 3 aromatic rings. The zero-order valence-corrected chi connectivity index (χ0v) is 20.7. The summed E-state index contributed by atoms with van der Waals surface area (Å²) in [5.74, 6) is -0.836. The molecule has 1 fully saturated rings. The smallest absolute Gasteiger partial charge is 0.185 e. The summed E-state index contributed by atoms with van der Waals surface area (Å²) in [7, 11) is 1.81. The van der Waals surface area contributed by atoms with Gasteiger partial charge in [-0.3, -0.25) is 4.99 Å². The van der Waals surface area contributed by atoms with Crippen LogP contribution in [-0.4, -0.2) is 41.3 Å². The SMILES string of the molecule is CN=c1sc2cc(Cl)ccc2n1CC1CCN(CC(O)c2ccc(F)cc2F)CC1.Cl.Cl. The molecule has 10 heteroatoms. The van der Waals surface area contributed by atoms with E-state index in [1.54, 1.807) is 18.4 Å². The molecule has 32 heavy (non-hydrogen) atoms. The average molecular weight is 525 g/mol. The van der Waals surface area contributed by atoms with E-state index < -0.39 is 17.7 Å². The van der Waals surface area contributed by atoms with Crippen LogP contribution >= 0.6 is 47.8 Å².